The number of esters is 1. The number of ketones is 1. The SMILES string of the molecule is COC(=O)CC(=O)/C=C1/Sc2ccccc2N1Cc1ccccc1. The maximum atomic E-state index is 12.1. The minimum atomic E-state index is -0.521. The summed E-state index contributed by atoms with van der Waals surface area (Å²) in [6.07, 6.45) is 1.29. The van der Waals surface area contributed by atoms with Crippen molar-refractivity contribution in [1.29, 1.82) is 0 Å². The Morgan fingerprint density at radius 2 is 1.79 bits per heavy atom. The van der Waals surface area contributed by atoms with Gasteiger partial charge >= 0.3 is 5.97 Å². The van der Waals surface area contributed by atoms with E-state index in [0.717, 1.165) is 21.2 Å². The van der Waals surface area contributed by atoms with Crippen LogP contribution in [-0.2, 0) is 20.9 Å². The van der Waals surface area contributed by atoms with Crippen LogP contribution in [0, 0.1) is 0 Å². The van der Waals surface area contributed by atoms with Gasteiger partial charge in [0.25, 0.3) is 0 Å². The summed E-state index contributed by atoms with van der Waals surface area (Å²) in [5, 5.41) is 0.828. The fourth-order valence-corrected chi connectivity index (χ4v) is 3.61. The maximum absolute atomic E-state index is 12.1. The van der Waals surface area contributed by atoms with Crippen LogP contribution in [0.25, 0.3) is 0 Å². The van der Waals surface area contributed by atoms with Gasteiger partial charge in [-0.25, -0.2) is 0 Å². The number of anilines is 1. The Labute approximate surface area is 145 Å². The number of nitrogens with zero attached hydrogens (tertiary/aromatic N) is 1. The van der Waals surface area contributed by atoms with E-state index in [1.54, 1.807) is 11.8 Å². The maximum Gasteiger partial charge on any atom is 0.313 e. The third-order valence-corrected chi connectivity index (χ3v) is 4.76. The molecular formula is C19H17NO3S. The summed E-state index contributed by atoms with van der Waals surface area (Å²) in [5.41, 5.74) is 2.23. The number of fused-ring (bicyclic) bond motifs is 1. The van der Waals surface area contributed by atoms with Gasteiger partial charge in [-0.1, -0.05) is 54.2 Å². The minimum Gasteiger partial charge on any atom is -0.469 e. The summed E-state index contributed by atoms with van der Waals surface area (Å²) >= 11 is 1.54. The zero-order chi connectivity index (χ0) is 16.9. The molecule has 2 aromatic carbocycles. The average molecular weight is 339 g/mol. The molecule has 1 aliphatic rings. The second-order valence-electron chi connectivity index (χ2n) is 5.34. The molecule has 0 N–H and O–H groups in total. The highest BCUT2D eigenvalue weighted by Crippen LogP contribution is 2.46. The molecule has 1 heterocycles. The van der Waals surface area contributed by atoms with Crippen LogP contribution in [0.1, 0.15) is 12.0 Å². The van der Waals surface area contributed by atoms with Gasteiger partial charge in [0, 0.05) is 17.5 Å². The van der Waals surface area contributed by atoms with Gasteiger partial charge in [0.05, 0.1) is 17.8 Å². The lowest BCUT2D eigenvalue weighted by Gasteiger charge is -2.20. The monoisotopic (exact) mass is 339 g/mol. The van der Waals surface area contributed by atoms with Crippen molar-refractivity contribution >= 4 is 29.2 Å². The zero-order valence-electron chi connectivity index (χ0n) is 13.3. The van der Waals surface area contributed by atoms with Crippen LogP contribution in [0.4, 0.5) is 5.69 Å². The Morgan fingerprint density at radius 1 is 1.08 bits per heavy atom. The second-order valence-corrected chi connectivity index (χ2v) is 6.41. The number of allylic oxidation sites excluding steroid dienone is 1. The van der Waals surface area contributed by atoms with Gasteiger partial charge in [-0.05, 0) is 17.7 Å². The van der Waals surface area contributed by atoms with Crippen LogP contribution < -0.4 is 4.90 Å². The molecule has 0 amide bonds. The minimum absolute atomic E-state index is 0.240. The Kier molecular flexibility index (Phi) is 5.01. The highest BCUT2D eigenvalue weighted by atomic mass is 32.2. The summed E-state index contributed by atoms with van der Waals surface area (Å²) in [6, 6.07) is 18.1. The third kappa shape index (κ3) is 3.68. The summed E-state index contributed by atoms with van der Waals surface area (Å²) in [4.78, 5) is 26.6. The van der Waals surface area contributed by atoms with Crippen molar-refractivity contribution in [1.82, 2.24) is 0 Å². The largest absolute Gasteiger partial charge is 0.469 e. The Balaban J connectivity index is 1.88. The van der Waals surface area contributed by atoms with Crippen molar-refractivity contribution in [3.05, 3.63) is 71.3 Å². The number of para-hydroxylation sites is 1. The van der Waals surface area contributed by atoms with Crippen LogP contribution >= 0.6 is 11.8 Å². The quantitative estimate of drug-likeness (QED) is 0.471. The molecule has 0 unspecified atom stereocenters. The first-order valence-corrected chi connectivity index (χ1v) is 8.38. The molecule has 0 saturated heterocycles. The highest BCUT2D eigenvalue weighted by molar-refractivity contribution is 8.03. The molecule has 0 saturated carbocycles. The molecule has 0 radical (unpaired) electrons. The van der Waals surface area contributed by atoms with Crippen LogP contribution in [0.5, 0.6) is 0 Å². The van der Waals surface area contributed by atoms with Crippen molar-refractivity contribution in [3.63, 3.8) is 0 Å². The number of carbonyl (C=O) groups is 2. The van der Waals surface area contributed by atoms with Gasteiger partial charge in [-0.3, -0.25) is 9.59 Å². The normalized spacial score (nSPS) is 14.5. The van der Waals surface area contributed by atoms with E-state index in [1.807, 2.05) is 42.5 Å². The van der Waals surface area contributed by atoms with Crippen LogP contribution in [0.15, 0.2) is 70.6 Å². The molecular weight excluding hydrogens is 322 g/mol. The standard InChI is InChI=1S/C19H17NO3S/c1-23-19(22)12-15(21)11-18-20(13-14-7-3-2-4-8-14)16-9-5-6-10-17(16)24-18/h2-11H,12-13H2,1H3/b18-11+. The number of hydrogen-bond acceptors (Lipinski definition) is 5. The molecule has 5 heteroatoms. The molecule has 0 bridgehead atoms. The molecule has 2 aromatic rings. The molecule has 0 spiro atoms. The lowest BCUT2D eigenvalue weighted by atomic mass is 10.2. The summed E-state index contributed by atoms with van der Waals surface area (Å²) in [6.45, 7) is 0.669. The molecule has 122 valence electrons. The molecule has 0 atom stereocenters. The first kappa shape index (κ1) is 16.3. The van der Waals surface area contributed by atoms with E-state index >= 15 is 0 Å². The fraction of sp³-hybridized carbons (Fsp3) is 0.158. The molecule has 3 rings (SSSR count). The van der Waals surface area contributed by atoms with E-state index in [9.17, 15) is 9.59 Å². The molecule has 4 nitrogen and oxygen atoms in total. The van der Waals surface area contributed by atoms with E-state index in [4.69, 9.17) is 0 Å². The Morgan fingerprint density at radius 3 is 2.54 bits per heavy atom. The van der Waals surface area contributed by atoms with Gasteiger partial charge in [-0.15, -0.1) is 0 Å². The van der Waals surface area contributed by atoms with Gasteiger partial charge < -0.3 is 9.64 Å². The molecule has 0 aromatic heterocycles. The van der Waals surface area contributed by atoms with Crippen LogP contribution in [0.2, 0.25) is 0 Å². The highest BCUT2D eigenvalue weighted by Gasteiger charge is 2.25. The number of benzene rings is 2. The predicted octanol–water partition coefficient (Wildman–Crippen LogP) is 3.77. The number of hydrogen-bond donors (Lipinski definition) is 0. The second kappa shape index (κ2) is 7.36. The number of rotatable bonds is 5. The first-order chi connectivity index (χ1) is 11.7. The average Bonchev–Trinajstić information content (AvgIpc) is 2.93. The van der Waals surface area contributed by atoms with E-state index in [-0.39, 0.29) is 12.2 Å². The van der Waals surface area contributed by atoms with Crippen LogP contribution in [0.3, 0.4) is 0 Å². The van der Waals surface area contributed by atoms with Crippen molar-refractivity contribution in [2.24, 2.45) is 0 Å². The van der Waals surface area contributed by atoms with Crippen LogP contribution in [-0.4, -0.2) is 18.9 Å². The number of thioether (sulfide) groups is 1. The van der Waals surface area contributed by atoms with Gasteiger partial charge in [0.1, 0.15) is 6.42 Å². The van der Waals surface area contributed by atoms with E-state index in [0.29, 0.717) is 6.54 Å². The lowest BCUT2D eigenvalue weighted by molar-refractivity contribution is -0.142. The molecule has 0 aliphatic carbocycles. The van der Waals surface area contributed by atoms with E-state index < -0.39 is 5.97 Å². The van der Waals surface area contributed by atoms with Gasteiger partial charge in [0.15, 0.2) is 5.78 Å². The van der Waals surface area contributed by atoms with E-state index in [2.05, 4.69) is 21.8 Å². The zero-order valence-corrected chi connectivity index (χ0v) is 14.1. The molecule has 0 fully saturated rings. The lowest BCUT2D eigenvalue weighted by Crippen LogP contribution is -2.18. The first-order valence-electron chi connectivity index (χ1n) is 7.57. The Bertz CT molecular complexity index is 786. The summed E-state index contributed by atoms with van der Waals surface area (Å²) in [7, 11) is 1.28. The number of methoxy groups -OCH3 is 1. The summed E-state index contributed by atoms with van der Waals surface area (Å²) < 4.78 is 4.56. The van der Waals surface area contributed by atoms with E-state index in [1.165, 1.54) is 13.2 Å². The molecule has 1 aliphatic heterocycles. The predicted molar refractivity (Wildman–Crippen MR) is 94.6 cm³/mol. The number of ether oxygens (including phenoxy) is 1. The summed E-state index contributed by atoms with van der Waals surface area (Å²) in [5.74, 6) is -0.776. The van der Waals surface area contributed by atoms with Gasteiger partial charge in [-0.2, -0.15) is 0 Å². The van der Waals surface area contributed by atoms with Gasteiger partial charge in [0.2, 0.25) is 0 Å². The van der Waals surface area contributed by atoms with Crippen molar-refractivity contribution in [2.75, 3.05) is 12.0 Å². The van der Waals surface area contributed by atoms with Crippen molar-refractivity contribution < 1.29 is 14.3 Å². The van der Waals surface area contributed by atoms with Crippen molar-refractivity contribution in [2.45, 2.75) is 17.9 Å². The third-order valence-electron chi connectivity index (χ3n) is 3.65. The van der Waals surface area contributed by atoms with Crippen molar-refractivity contribution in [3.8, 4) is 0 Å². The smallest absolute Gasteiger partial charge is 0.313 e. The topological polar surface area (TPSA) is 46.6 Å². The molecule has 24 heavy (non-hydrogen) atoms. The fourth-order valence-electron chi connectivity index (χ4n) is 2.49. The Hall–Kier alpha value is -2.53. The number of carbonyl (C=O) groups excluding carboxylic acids is 2.